The van der Waals surface area contributed by atoms with Gasteiger partial charge in [-0.1, -0.05) is 53.3 Å². The second-order valence-corrected chi connectivity index (χ2v) is 7.79. The summed E-state index contributed by atoms with van der Waals surface area (Å²) in [5.41, 5.74) is 0.790. The predicted octanol–water partition coefficient (Wildman–Crippen LogP) is 3.14. The highest BCUT2D eigenvalue weighted by atomic mass is 32.2. The Morgan fingerprint density at radius 2 is 1.81 bits per heavy atom. The molecule has 1 aliphatic heterocycles. The molecule has 1 heterocycles. The first-order chi connectivity index (χ1) is 7.26. The van der Waals surface area contributed by atoms with Crippen LogP contribution in [0.25, 0.3) is 0 Å². The minimum absolute atomic E-state index is 0.395. The first-order valence-electron chi connectivity index (χ1n) is 6.24. The molecule has 92 valence electrons. The number of nitrogens with one attached hydrogen (secondary N) is 1. The summed E-state index contributed by atoms with van der Waals surface area (Å²) in [6.45, 7) is 14.9. The molecular formula is C13H24N2S. The van der Waals surface area contributed by atoms with Gasteiger partial charge in [-0.25, -0.2) is 0 Å². The van der Waals surface area contributed by atoms with Crippen LogP contribution in [0.4, 0.5) is 0 Å². The van der Waals surface area contributed by atoms with E-state index < -0.39 is 0 Å². The number of thioether (sulfide) groups is 1. The molecule has 1 aliphatic carbocycles. The lowest BCUT2D eigenvalue weighted by atomic mass is 10.0. The predicted molar refractivity (Wildman–Crippen MR) is 73.0 cm³/mol. The van der Waals surface area contributed by atoms with Crippen LogP contribution in [0, 0.1) is 16.7 Å². The van der Waals surface area contributed by atoms with E-state index in [1.165, 1.54) is 5.17 Å². The Balaban J connectivity index is 1.90. The van der Waals surface area contributed by atoms with E-state index in [1.54, 1.807) is 0 Å². The van der Waals surface area contributed by atoms with E-state index in [2.05, 4.69) is 51.9 Å². The average Bonchev–Trinajstić information content (AvgIpc) is 2.60. The first kappa shape index (κ1) is 12.3. The monoisotopic (exact) mass is 240 g/mol. The van der Waals surface area contributed by atoms with Gasteiger partial charge < -0.3 is 5.32 Å². The van der Waals surface area contributed by atoms with Crippen LogP contribution in [0.2, 0.25) is 0 Å². The van der Waals surface area contributed by atoms with Gasteiger partial charge in [-0.3, -0.25) is 4.99 Å². The minimum Gasteiger partial charge on any atom is -0.361 e. The lowest BCUT2D eigenvalue weighted by molar-refractivity contribution is 0.457. The van der Waals surface area contributed by atoms with Crippen LogP contribution in [0.15, 0.2) is 4.99 Å². The second-order valence-electron chi connectivity index (χ2n) is 6.57. The van der Waals surface area contributed by atoms with Crippen molar-refractivity contribution >= 4 is 16.9 Å². The second kappa shape index (κ2) is 3.66. The SMILES string of the molecule is CC(C)C1CN=C(NC2C(C)(C)C2(C)C)S1. The Hall–Kier alpha value is -0.180. The fourth-order valence-corrected chi connectivity index (χ4v) is 3.54. The summed E-state index contributed by atoms with van der Waals surface area (Å²) in [6.07, 6.45) is 0. The standard InChI is InChI=1S/C13H24N2S/c1-8(2)9-7-14-11(16-9)15-10-12(3,4)13(10,5)6/h8-10H,7H2,1-6H3,(H,14,15). The highest BCUT2D eigenvalue weighted by Crippen LogP contribution is 2.62. The lowest BCUT2D eigenvalue weighted by Crippen LogP contribution is -2.27. The molecule has 0 spiro atoms. The summed E-state index contributed by atoms with van der Waals surface area (Å²) in [6, 6.07) is 0.581. The van der Waals surface area contributed by atoms with E-state index in [1.807, 2.05) is 11.8 Å². The maximum Gasteiger partial charge on any atom is 0.157 e. The van der Waals surface area contributed by atoms with Crippen molar-refractivity contribution < 1.29 is 0 Å². The topological polar surface area (TPSA) is 24.4 Å². The zero-order chi connectivity index (χ0) is 12.1. The van der Waals surface area contributed by atoms with Gasteiger partial charge in [0.25, 0.3) is 0 Å². The highest BCUT2D eigenvalue weighted by Gasteiger charge is 2.65. The Morgan fingerprint density at radius 3 is 2.19 bits per heavy atom. The lowest BCUT2D eigenvalue weighted by Gasteiger charge is -2.12. The summed E-state index contributed by atoms with van der Waals surface area (Å²) in [7, 11) is 0. The number of aliphatic imine (C=N–C) groups is 1. The zero-order valence-corrected chi connectivity index (χ0v) is 12.1. The Labute approximate surface area is 104 Å². The summed E-state index contributed by atoms with van der Waals surface area (Å²) in [5.74, 6) is 0.716. The van der Waals surface area contributed by atoms with Gasteiger partial charge in [0.1, 0.15) is 0 Å². The number of rotatable bonds is 2. The van der Waals surface area contributed by atoms with Gasteiger partial charge in [0.15, 0.2) is 5.17 Å². The molecule has 1 saturated carbocycles. The van der Waals surface area contributed by atoms with Crippen molar-refractivity contribution in [2.45, 2.75) is 52.8 Å². The van der Waals surface area contributed by atoms with Crippen molar-refractivity contribution in [1.29, 1.82) is 0 Å². The van der Waals surface area contributed by atoms with Gasteiger partial charge >= 0.3 is 0 Å². The van der Waals surface area contributed by atoms with Gasteiger partial charge in [0, 0.05) is 11.3 Å². The number of amidine groups is 1. The van der Waals surface area contributed by atoms with E-state index in [4.69, 9.17) is 0 Å². The van der Waals surface area contributed by atoms with Crippen molar-refractivity contribution in [2.75, 3.05) is 6.54 Å². The molecule has 0 bridgehead atoms. The molecule has 0 aromatic carbocycles. The maximum atomic E-state index is 4.62. The molecule has 1 fully saturated rings. The average molecular weight is 240 g/mol. The molecule has 2 nitrogen and oxygen atoms in total. The Kier molecular flexibility index (Phi) is 2.81. The molecule has 2 aliphatic rings. The maximum absolute atomic E-state index is 4.62. The third kappa shape index (κ3) is 1.77. The molecule has 1 N–H and O–H groups in total. The molecule has 2 rings (SSSR count). The fraction of sp³-hybridized carbons (Fsp3) is 0.923. The Bertz CT molecular complexity index is 304. The molecule has 0 aromatic heterocycles. The van der Waals surface area contributed by atoms with Crippen molar-refractivity contribution in [1.82, 2.24) is 5.32 Å². The van der Waals surface area contributed by atoms with Gasteiger partial charge in [0.2, 0.25) is 0 Å². The van der Waals surface area contributed by atoms with Crippen LogP contribution in [0.5, 0.6) is 0 Å². The Morgan fingerprint density at radius 1 is 1.25 bits per heavy atom. The largest absolute Gasteiger partial charge is 0.361 e. The highest BCUT2D eigenvalue weighted by molar-refractivity contribution is 8.14. The minimum atomic E-state index is 0.395. The molecule has 3 heteroatoms. The third-order valence-electron chi connectivity index (χ3n) is 4.71. The molecule has 16 heavy (non-hydrogen) atoms. The fourth-order valence-electron chi connectivity index (χ4n) is 2.50. The molecule has 1 atom stereocenters. The zero-order valence-electron chi connectivity index (χ0n) is 11.3. The van der Waals surface area contributed by atoms with E-state index in [0.29, 0.717) is 28.0 Å². The van der Waals surface area contributed by atoms with Crippen LogP contribution in [-0.4, -0.2) is 23.0 Å². The normalized spacial score (nSPS) is 31.7. The van der Waals surface area contributed by atoms with E-state index >= 15 is 0 Å². The summed E-state index contributed by atoms with van der Waals surface area (Å²) < 4.78 is 0. The van der Waals surface area contributed by atoms with Crippen LogP contribution < -0.4 is 5.32 Å². The van der Waals surface area contributed by atoms with Gasteiger partial charge in [0.05, 0.1) is 6.54 Å². The summed E-state index contributed by atoms with van der Waals surface area (Å²) in [4.78, 5) is 4.62. The summed E-state index contributed by atoms with van der Waals surface area (Å²) >= 11 is 1.93. The molecule has 1 unspecified atom stereocenters. The first-order valence-corrected chi connectivity index (χ1v) is 7.12. The van der Waals surface area contributed by atoms with Gasteiger partial charge in [-0.15, -0.1) is 0 Å². The van der Waals surface area contributed by atoms with E-state index in [9.17, 15) is 0 Å². The number of hydrogen-bond donors (Lipinski definition) is 1. The van der Waals surface area contributed by atoms with Gasteiger partial charge in [-0.05, 0) is 16.7 Å². The van der Waals surface area contributed by atoms with Crippen molar-refractivity contribution in [2.24, 2.45) is 21.7 Å². The van der Waals surface area contributed by atoms with E-state index in [0.717, 1.165) is 6.54 Å². The quantitative estimate of drug-likeness (QED) is 0.802. The molecular weight excluding hydrogens is 216 g/mol. The van der Waals surface area contributed by atoms with Crippen molar-refractivity contribution in [3.05, 3.63) is 0 Å². The third-order valence-corrected chi connectivity index (χ3v) is 6.18. The van der Waals surface area contributed by atoms with Crippen LogP contribution >= 0.6 is 11.8 Å². The number of hydrogen-bond acceptors (Lipinski definition) is 3. The van der Waals surface area contributed by atoms with Crippen molar-refractivity contribution in [3.63, 3.8) is 0 Å². The van der Waals surface area contributed by atoms with Crippen LogP contribution in [0.3, 0.4) is 0 Å². The summed E-state index contributed by atoms with van der Waals surface area (Å²) in [5, 5.41) is 5.47. The van der Waals surface area contributed by atoms with Crippen LogP contribution in [0.1, 0.15) is 41.5 Å². The van der Waals surface area contributed by atoms with Crippen molar-refractivity contribution in [3.8, 4) is 0 Å². The molecule has 0 radical (unpaired) electrons. The van der Waals surface area contributed by atoms with Crippen LogP contribution in [-0.2, 0) is 0 Å². The molecule has 0 aromatic rings. The smallest absolute Gasteiger partial charge is 0.157 e. The molecule has 0 saturated heterocycles. The van der Waals surface area contributed by atoms with E-state index in [-0.39, 0.29) is 0 Å². The number of nitrogens with zero attached hydrogens (tertiary/aromatic N) is 1. The molecule has 0 amide bonds. The van der Waals surface area contributed by atoms with Gasteiger partial charge in [-0.2, -0.15) is 0 Å².